The molecule has 2 saturated carbocycles. The maximum absolute atomic E-state index is 13.9. The SMILES string of the molecule is CCOc1cc(C=C2SC(=NC3CCCCC3)N(C3CCCCC3)C2=O)cc(I)c1OCc1ccc2ccccc2c1. The van der Waals surface area contributed by atoms with Gasteiger partial charge in [0.05, 0.1) is 21.1 Å². The molecule has 220 valence electrons. The molecule has 0 spiro atoms. The highest BCUT2D eigenvalue weighted by Gasteiger charge is 2.39. The highest BCUT2D eigenvalue weighted by atomic mass is 127. The number of ether oxygens (including phenoxy) is 2. The molecule has 1 aliphatic heterocycles. The number of hydrogen-bond acceptors (Lipinski definition) is 5. The van der Waals surface area contributed by atoms with E-state index < -0.39 is 0 Å². The highest BCUT2D eigenvalue weighted by molar-refractivity contribution is 14.1. The van der Waals surface area contributed by atoms with Gasteiger partial charge in [0.1, 0.15) is 6.61 Å². The largest absolute Gasteiger partial charge is 0.490 e. The van der Waals surface area contributed by atoms with Crippen molar-refractivity contribution in [1.29, 1.82) is 0 Å². The van der Waals surface area contributed by atoms with Gasteiger partial charge in [-0.1, -0.05) is 74.9 Å². The van der Waals surface area contributed by atoms with E-state index in [9.17, 15) is 4.79 Å². The smallest absolute Gasteiger partial charge is 0.266 e. The summed E-state index contributed by atoms with van der Waals surface area (Å²) >= 11 is 3.88. The van der Waals surface area contributed by atoms with Crippen LogP contribution in [0.4, 0.5) is 0 Å². The summed E-state index contributed by atoms with van der Waals surface area (Å²) in [5.41, 5.74) is 2.05. The molecule has 42 heavy (non-hydrogen) atoms. The zero-order chi connectivity index (χ0) is 28.9. The number of hydrogen-bond donors (Lipinski definition) is 0. The van der Waals surface area contributed by atoms with Crippen molar-refractivity contribution >= 4 is 62.3 Å². The van der Waals surface area contributed by atoms with Gasteiger partial charge >= 0.3 is 0 Å². The van der Waals surface area contributed by atoms with Crippen LogP contribution in [0.2, 0.25) is 0 Å². The van der Waals surface area contributed by atoms with Crippen LogP contribution < -0.4 is 9.47 Å². The van der Waals surface area contributed by atoms with Crippen molar-refractivity contribution in [3.8, 4) is 11.5 Å². The van der Waals surface area contributed by atoms with Gasteiger partial charge in [0.15, 0.2) is 16.7 Å². The van der Waals surface area contributed by atoms with E-state index in [1.54, 1.807) is 11.8 Å². The normalized spacial score (nSPS) is 20.6. The number of aliphatic imine (C=N–C) groups is 1. The zero-order valence-corrected chi connectivity index (χ0v) is 27.3. The molecule has 3 aromatic rings. The Bertz CT molecular complexity index is 1490. The molecule has 0 atom stereocenters. The van der Waals surface area contributed by atoms with E-state index in [4.69, 9.17) is 14.5 Å². The maximum atomic E-state index is 13.9. The fourth-order valence-corrected chi connectivity index (χ4v) is 8.20. The Balaban J connectivity index is 1.25. The summed E-state index contributed by atoms with van der Waals surface area (Å²) in [6.07, 6.45) is 13.8. The fraction of sp³-hybridized carbons (Fsp3) is 0.429. The first-order chi connectivity index (χ1) is 20.6. The van der Waals surface area contributed by atoms with Crippen molar-refractivity contribution in [3.05, 3.63) is 74.2 Å². The summed E-state index contributed by atoms with van der Waals surface area (Å²) in [4.78, 5) is 21.8. The monoisotopic (exact) mass is 694 g/mol. The molecule has 5 nitrogen and oxygen atoms in total. The minimum atomic E-state index is 0.103. The van der Waals surface area contributed by atoms with Crippen molar-refractivity contribution in [2.45, 2.75) is 89.8 Å². The quantitative estimate of drug-likeness (QED) is 0.174. The van der Waals surface area contributed by atoms with Gasteiger partial charge < -0.3 is 9.47 Å². The van der Waals surface area contributed by atoms with E-state index in [0.29, 0.717) is 25.0 Å². The summed E-state index contributed by atoms with van der Waals surface area (Å²) in [5.74, 6) is 1.54. The number of halogens is 1. The summed E-state index contributed by atoms with van der Waals surface area (Å²) in [5, 5.41) is 3.34. The van der Waals surface area contributed by atoms with Crippen LogP contribution in [0.3, 0.4) is 0 Å². The van der Waals surface area contributed by atoms with E-state index in [1.165, 1.54) is 49.3 Å². The highest BCUT2D eigenvalue weighted by Crippen LogP contribution is 2.40. The van der Waals surface area contributed by atoms with Gasteiger partial charge in [-0.25, -0.2) is 0 Å². The van der Waals surface area contributed by atoms with Crippen LogP contribution in [0.1, 0.15) is 82.3 Å². The fourth-order valence-electron chi connectivity index (χ4n) is 6.31. The molecule has 3 aromatic carbocycles. The van der Waals surface area contributed by atoms with Crippen molar-refractivity contribution in [1.82, 2.24) is 4.90 Å². The topological polar surface area (TPSA) is 51.1 Å². The minimum Gasteiger partial charge on any atom is -0.490 e. The molecule has 0 unspecified atom stereocenters. The summed E-state index contributed by atoms with van der Waals surface area (Å²) in [6, 6.07) is 19.5. The molecule has 6 rings (SSSR count). The second kappa shape index (κ2) is 13.8. The summed E-state index contributed by atoms with van der Waals surface area (Å²) < 4.78 is 13.4. The van der Waals surface area contributed by atoms with Gasteiger partial charge in [-0.05, 0) is 113 Å². The average molecular weight is 695 g/mol. The third-order valence-corrected chi connectivity index (χ3v) is 10.3. The molecule has 1 heterocycles. The number of thioether (sulfide) groups is 1. The van der Waals surface area contributed by atoms with Crippen LogP contribution in [0.25, 0.3) is 16.8 Å². The molecule has 3 fully saturated rings. The second-order valence-electron chi connectivity index (χ2n) is 11.5. The summed E-state index contributed by atoms with van der Waals surface area (Å²) in [6.45, 7) is 2.97. The standard InChI is InChI=1S/C35H39IN2O3S/c1-2-40-31-21-25(20-30(36)33(31)41-23-24-17-18-26-11-9-10-12-27(26)19-24)22-32-34(39)38(29-15-7-4-8-16-29)35(42-32)37-28-13-5-3-6-14-28/h9-12,17-22,28-29H,2-8,13-16,23H2,1H3. The van der Waals surface area contributed by atoms with Crippen molar-refractivity contribution < 1.29 is 14.3 Å². The number of fused-ring (bicyclic) bond motifs is 1. The lowest BCUT2D eigenvalue weighted by Crippen LogP contribution is -2.41. The molecule has 1 saturated heterocycles. The molecule has 1 amide bonds. The third-order valence-electron chi connectivity index (χ3n) is 8.47. The van der Waals surface area contributed by atoms with E-state index in [2.05, 4.69) is 71.1 Å². The molecule has 0 N–H and O–H groups in total. The lowest BCUT2D eigenvalue weighted by molar-refractivity contribution is -0.124. The molecule has 0 aromatic heterocycles. The number of benzene rings is 3. The summed E-state index contributed by atoms with van der Waals surface area (Å²) in [7, 11) is 0. The van der Waals surface area contributed by atoms with Crippen LogP contribution in [-0.4, -0.2) is 34.7 Å². The maximum Gasteiger partial charge on any atom is 0.266 e. The molecular formula is C35H39IN2O3S. The van der Waals surface area contributed by atoms with E-state index >= 15 is 0 Å². The lowest BCUT2D eigenvalue weighted by Gasteiger charge is -2.31. The van der Waals surface area contributed by atoms with E-state index in [0.717, 1.165) is 56.2 Å². The van der Waals surface area contributed by atoms with Crippen LogP contribution in [0.5, 0.6) is 11.5 Å². The number of carbonyl (C=O) groups excluding carboxylic acids is 1. The second-order valence-corrected chi connectivity index (χ2v) is 13.7. The van der Waals surface area contributed by atoms with Crippen LogP contribution >= 0.6 is 34.4 Å². The van der Waals surface area contributed by atoms with Crippen molar-refractivity contribution in [3.63, 3.8) is 0 Å². The predicted octanol–water partition coefficient (Wildman–Crippen LogP) is 9.36. The van der Waals surface area contributed by atoms with Gasteiger partial charge in [0.25, 0.3) is 5.91 Å². The Kier molecular flexibility index (Phi) is 9.74. The minimum absolute atomic E-state index is 0.103. The number of rotatable bonds is 8. The Morgan fingerprint density at radius 3 is 2.43 bits per heavy atom. The van der Waals surface area contributed by atoms with Crippen molar-refractivity contribution in [2.75, 3.05) is 6.61 Å². The van der Waals surface area contributed by atoms with E-state index in [1.807, 2.05) is 24.0 Å². The molecule has 3 aliphatic rings. The first-order valence-electron chi connectivity index (χ1n) is 15.5. The van der Waals surface area contributed by atoms with Crippen LogP contribution in [0.15, 0.2) is 64.5 Å². The molecular weight excluding hydrogens is 655 g/mol. The van der Waals surface area contributed by atoms with Gasteiger partial charge in [0.2, 0.25) is 0 Å². The van der Waals surface area contributed by atoms with Gasteiger partial charge in [-0.2, -0.15) is 0 Å². The number of nitrogens with zero attached hydrogens (tertiary/aromatic N) is 2. The van der Waals surface area contributed by atoms with Crippen molar-refractivity contribution in [2.24, 2.45) is 4.99 Å². The Morgan fingerprint density at radius 1 is 0.929 bits per heavy atom. The molecule has 2 aliphatic carbocycles. The zero-order valence-electron chi connectivity index (χ0n) is 24.3. The molecule has 0 radical (unpaired) electrons. The van der Waals surface area contributed by atoms with Crippen LogP contribution in [-0.2, 0) is 11.4 Å². The van der Waals surface area contributed by atoms with Crippen LogP contribution in [0, 0.1) is 3.57 Å². The van der Waals surface area contributed by atoms with Gasteiger partial charge in [-0.3, -0.25) is 14.7 Å². The predicted molar refractivity (Wildman–Crippen MR) is 182 cm³/mol. The first-order valence-corrected chi connectivity index (χ1v) is 17.4. The number of amides is 1. The Labute approximate surface area is 267 Å². The number of carbonyl (C=O) groups is 1. The average Bonchev–Trinajstić information content (AvgIpc) is 3.31. The Hall–Kier alpha value is -2.52. The third kappa shape index (κ3) is 6.83. The lowest BCUT2D eigenvalue weighted by atomic mass is 9.94. The Morgan fingerprint density at radius 2 is 1.67 bits per heavy atom. The van der Waals surface area contributed by atoms with E-state index in [-0.39, 0.29) is 11.9 Å². The molecule has 0 bridgehead atoms. The molecule has 7 heteroatoms. The number of amidine groups is 1. The first kappa shape index (κ1) is 29.5. The van der Waals surface area contributed by atoms with Gasteiger partial charge in [0, 0.05) is 6.04 Å². The van der Waals surface area contributed by atoms with Gasteiger partial charge in [-0.15, -0.1) is 0 Å².